The molecule has 1 amide bonds. The number of benzene rings is 2. The van der Waals surface area contributed by atoms with Gasteiger partial charge >= 0.3 is 0 Å². The Kier molecular flexibility index (Phi) is 3.84. The molecule has 114 valence electrons. The number of carbonyl (C=O) groups excluding carboxylic acids is 1. The standard InChI is InChI=1S/C18H18FNO2/c1-12-11-18(22-17-10-6-4-8-15(17)19)14-7-3-5-9-16(14)20(12)13(2)21/h3-10,12,18H,11H2,1-2H3. The molecule has 4 heteroatoms. The van der Waals surface area contributed by atoms with Crippen molar-refractivity contribution >= 4 is 11.6 Å². The highest BCUT2D eigenvalue weighted by molar-refractivity contribution is 5.93. The third-order valence-corrected chi connectivity index (χ3v) is 3.98. The van der Waals surface area contributed by atoms with Crippen LogP contribution in [-0.2, 0) is 4.79 Å². The summed E-state index contributed by atoms with van der Waals surface area (Å²) in [6.45, 7) is 3.54. The van der Waals surface area contributed by atoms with E-state index in [9.17, 15) is 9.18 Å². The number of halogens is 1. The van der Waals surface area contributed by atoms with Crippen molar-refractivity contribution in [3.05, 3.63) is 59.9 Å². The van der Waals surface area contributed by atoms with Gasteiger partial charge in [-0.15, -0.1) is 0 Å². The van der Waals surface area contributed by atoms with E-state index >= 15 is 0 Å². The van der Waals surface area contributed by atoms with Gasteiger partial charge in [-0.05, 0) is 25.1 Å². The molecule has 0 bridgehead atoms. The zero-order valence-electron chi connectivity index (χ0n) is 12.6. The smallest absolute Gasteiger partial charge is 0.224 e. The van der Waals surface area contributed by atoms with E-state index in [1.54, 1.807) is 30.0 Å². The van der Waals surface area contributed by atoms with Crippen LogP contribution in [0.15, 0.2) is 48.5 Å². The van der Waals surface area contributed by atoms with Crippen LogP contribution in [0.25, 0.3) is 0 Å². The highest BCUT2D eigenvalue weighted by atomic mass is 19.1. The Balaban J connectivity index is 1.98. The number of anilines is 1. The van der Waals surface area contributed by atoms with E-state index in [2.05, 4.69) is 0 Å². The van der Waals surface area contributed by atoms with Crippen LogP contribution in [0.4, 0.5) is 10.1 Å². The second-order valence-corrected chi connectivity index (χ2v) is 5.57. The monoisotopic (exact) mass is 299 g/mol. The zero-order chi connectivity index (χ0) is 15.7. The highest BCUT2D eigenvalue weighted by Gasteiger charge is 2.33. The molecule has 2 aromatic carbocycles. The maximum absolute atomic E-state index is 13.8. The van der Waals surface area contributed by atoms with E-state index in [1.165, 1.54) is 6.07 Å². The van der Waals surface area contributed by atoms with Crippen molar-refractivity contribution in [3.63, 3.8) is 0 Å². The van der Waals surface area contributed by atoms with Gasteiger partial charge in [0, 0.05) is 24.9 Å². The van der Waals surface area contributed by atoms with Crippen LogP contribution >= 0.6 is 0 Å². The van der Waals surface area contributed by atoms with E-state index in [1.807, 2.05) is 31.2 Å². The Morgan fingerprint density at radius 2 is 1.86 bits per heavy atom. The van der Waals surface area contributed by atoms with Crippen molar-refractivity contribution in [2.75, 3.05) is 4.90 Å². The normalized spacial score (nSPS) is 20.4. The first kappa shape index (κ1) is 14.6. The van der Waals surface area contributed by atoms with Crippen LogP contribution in [0.2, 0.25) is 0 Å². The van der Waals surface area contributed by atoms with Gasteiger partial charge in [-0.25, -0.2) is 4.39 Å². The summed E-state index contributed by atoms with van der Waals surface area (Å²) in [5.74, 6) is -0.128. The maximum atomic E-state index is 13.8. The molecule has 2 unspecified atom stereocenters. The molecule has 0 radical (unpaired) electrons. The molecular formula is C18H18FNO2. The first-order valence-corrected chi connectivity index (χ1v) is 7.38. The predicted octanol–water partition coefficient (Wildman–Crippen LogP) is 4.09. The van der Waals surface area contributed by atoms with Gasteiger partial charge in [-0.1, -0.05) is 30.3 Å². The molecule has 0 fully saturated rings. The Labute approximate surface area is 129 Å². The molecule has 0 saturated heterocycles. The number of fused-ring (bicyclic) bond motifs is 1. The number of hydrogen-bond acceptors (Lipinski definition) is 2. The van der Waals surface area contributed by atoms with Crippen molar-refractivity contribution in [1.29, 1.82) is 0 Å². The highest BCUT2D eigenvalue weighted by Crippen LogP contribution is 2.39. The molecule has 0 aromatic heterocycles. The second-order valence-electron chi connectivity index (χ2n) is 5.57. The van der Waals surface area contributed by atoms with Crippen LogP contribution in [0.5, 0.6) is 5.75 Å². The lowest BCUT2D eigenvalue weighted by Crippen LogP contribution is -2.42. The quantitative estimate of drug-likeness (QED) is 0.836. The molecule has 2 atom stereocenters. The Hall–Kier alpha value is -2.36. The molecule has 22 heavy (non-hydrogen) atoms. The summed E-state index contributed by atoms with van der Waals surface area (Å²) in [4.78, 5) is 13.7. The summed E-state index contributed by atoms with van der Waals surface area (Å²) >= 11 is 0. The van der Waals surface area contributed by atoms with Crippen molar-refractivity contribution < 1.29 is 13.9 Å². The molecule has 3 nitrogen and oxygen atoms in total. The lowest BCUT2D eigenvalue weighted by atomic mass is 9.93. The molecule has 3 rings (SSSR count). The summed E-state index contributed by atoms with van der Waals surface area (Å²) in [6.07, 6.45) is 0.365. The maximum Gasteiger partial charge on any atom is 0.224 e. The molecule has 0 N–H and O–H groups in total. The predicted molar refractivity (Wildman–Crippen MR) is 83.5 cm³/mol. The number of ether oxygens (including phenoxy) is 1. The van der Waals surface area contributed by atoms with E-state index in [-0.39, 0.29) is 29.6 Å². The van der Waals surface area contributed by atoms with Crippen molar-refractivity contribution in [2.24, 2.45) is 0 Å². The van der Waals surface area contributed by atoms with Crippen LogP contribution in [0.3, 0.4) is 0 Å². The summed E-state index contributed by atoms with van der Waals surface area (Å²) < 4.78 is 19.7. The molecule has 1 aliphatic rings. The van der Waals surface area contributed by atoms with E-state index in [4.69, 9.17) is 4.74 Å². The SMILES string of the molecule is CC(=O)N1c2ccccc2C(Oc2ccccc2F)CC1C. The lowest BCUT2D eigenvalue weighted by molar-refractivity contribution is -0.117. The van der Waals surface area contributed by atoms with Gasteiger partial charge in [0.2, 0.25) is 5.91 Å². The average Bonchev–Trinajstić information content (AvgIpc) is 2.49. The largest absolute Gasteiger partial charge is 0.483 e. The van der Waals surface area contributed by atoms with Crippen molar-refractivity contribution in [1.82, 2.24) is 0 Å². The topological polar surface area (TPSA) is 29.5 Å². The summed E-state index contributed by atoms with van der Waals surface area (Å²) in [5, 5.41) is 0. The Morgan fingerprint density at radius 1 is 1.18 bits per heavy atom. The average molecular weight is 299 g/mol. The molecule has 0 spiro atoms. The summed E-state index contributed by atoms with van der Waals surface area (Å²) in [5.41, 5.74) is 1.76. The van der Waals surface area contributed by atoms with Crippen molar-refractivity contribution in [3.8, 4) is 5.75 Å². The molecular weight excluding hydrogens is 281 g/mol. The fourth-order valence-corrected chi connectivity index (χ4v) is 3.04. The van der Waals surface area contributed by atoms with Gasteiger partial charge in [-0.2, -0.15) is 0 Å². The molecule has 1 aliphatic heterocycles. The summed E-state index contributed by atoms with van der Waals surface area (Å²) in [6, 6.07) is 14.0. The zero-order valence-corrected chi connectivity index (χ0v) is 12.6. The lowest BCUT2D eigenvalue weighted by Gasteiger charge is -2.38. The minimum Gasteiger partial charge on any atom is -0.483 e. The van der Waals surface area contributed by atoms with Crippen LogP contribution < -0.4 is 9.64 Å². The van der Waals surface area contributed by atoms with Crippen LogP contribution in [0, 0.1) is 5.82 Å². The van der Waals surface area contributed by atoms with Crippen LogP contribution in [-0.4, -0.2) is 11.9 Å². The van der Waals surface area contributed by atoms with E-state index < -0.39 is 0 Å². The Bertz CT molecular complexity index is 701. The second kappa shape index (κ2) is 5.79. The summed E-state index contributed by atoms with van der Waals surface area (Å²) in [7, 11) is 0. The number of para-hydroxylation sites is 2. The Morgan fingerprint density at radius 3 is 2.59 bits per heavy atom. The number of amides is 1. The first-order chi connectivity index (χ1) is 10.6. The molecule has 0 aliphatic carbocycles. The molecule has 1 heterocycles. The number of rotatable bonds is 2. The van der Waals surface area contributed by atoms with Gasteiger partial charge in [0.15, 0.2) is 11.6 Å². The van der Waals surface area contributed by atoms with Gasteiger partial charge in [-0.3, -0.25) is 4.79 Å². The van der Waals surface area contributed by atoms with Crippen LogP contribution in [0.1, 0.15) is 31.9 Å². The first-order valence-electron chi connectivity index (χ1n) is 7.38. The molecule has 0 saturated carbocycles. The number of hydrogen-bond donors (Lipinski definition) is 0. The van der Waals surface area contributed by atoms with Gasteiger partial charge in [0.25, 0.3) is 0 Å². The fraction of sp³-hybridized carbons (Fsp3) is 0.278. The minimum absolute atomic E-state index is 0.00386. The van der Waals surface area contributed by atoms with E-state index in [0.717, 1.165) is 11.3 Å². The third-order valence-electron chi connectivity index (χ3n) is 3.98. The van der Waals surface area contributed by atoms with E-state index in [0.29, 0.717) is 6.42 Å². The number of carbonyl (C=O) groups is 1. The third kappa shape index (κ3) is 2.56. The van der Waals surface area contributed by atoms with Gasteiger partial charge in [0.05, 0.1) is 5.69 Å². The van der Waals surface area contributed by atoms with Gasteiger partial charge in [0.1, 0.15) is 6.10 Å². The minimum atomic E-state index is -0.373. The fourth-order valence-electron chi connectivity index (χ4n) is 3.04. The van der Waals surface area contributed by atoms with Gasteiger partial charge < -0.3 is 9.64 Å². The number of nitrogens with zero attached hydrogens (tertiary/aromatic N) is 1. The molecule has 2 aromatic rings. The van der Waals surface area contributed by atoms with Crippen molar-refractivity contribution in [2.45, 2.75) is 32.4 Å².